The van der Waals surface area contributed by atoms with E-state index >= 15 is 0 Å². The number of primary amides is 1. The number of hydrazone groups is 1. The first-order chi connectivity index (χ1) is 18.2. The van der Waals surface area contributed by atoms with Crippen LogP contribution in [0.4, 0.5) is 0 Å². The van der Waals surface area contributed by atoms with Gasteiger partial charge in [0.1, 0.15) is 17.5 Å². The molecule has 2 atom stereocenters. The number of halogens is 2. The van der Waals surface area contributed by atoms with Crippen molar-refractivity contribution in [1.82, 2.24) is 10.7 Å². The van der Waals surface area contributed by atoms with Crippen LogP contribution in [0.25, 0.3) is 0 Å². The molecule has 3 aromatic rings. The van der Waals surface area contributed by atoms with Crippen LogP contribution in [0.1, 0.15) is 18.1 Å². The SMILES string of the molecule is C[C@@H](Oc1ccc(Cl)cc1Cl)C(=O)N[C@@H](Cc1ccccc1)C(=O)N/N=C\c1cccc(OCC(N)=O)c1. The topological polar surface area (TPSA) is 132 Å². The molecule has 0 radical (unpaired) electrons. The summed E-state index contributed by atoms with van der Waals surface area (Å²) in [7, 11) is 0. The fourth-order valence-corrected chi connectivity index (χ4v) is 3.70. The average molecular weight is 557 g/mol. The zero-order valence-electron chi connectivity index (χ0n) is 20.4. The number of rotatable bonds is 12. The molecule has 0 aliphatic heterocycles. The lowest BCUT2D eigenvalue weighted by Gasteiger charge is -2.21. The molecule has 0 saturated heterocycles. The van der Waals surface area contributed by atoms with Gasteiger partial charge in [-0.2, -0.15) is 5.10 Å². The fourth-order valence-electron chi connectivity index (χ4n) is 3.25. The second-order valence-corrected chi connectivity index (χ2v) is 8.99. The number of nitrogens with zero attached hydrogens (tertiary/aromatic N) is 1. The monoisotopic (exact) mass is 556 g/mol. The number of nitrogens with two attached hydrogens (primary N) is 1. The van der Waals surface area contributed by atoms with Gasteiger partial charge in [-0.1, -0.05) is 65.7 Å². The summed E-state index contributed by atoms with van der Waals surface area (Å²) in [4.78, 5) is 36.8. The molecule has 0 bridgehead atoms. The van der Waals surface area contributed by atoms with E-state index in [0.717, 1.165) is 5.56 Å². The predicted molar refractivity (Wildman–Crippen MR) is 145 cm³/mol. The Balaban J connectivity index is 1.67. The summed E-state index contributed by atoms with van der Waals surface area (Å²) in [5.41, 5.74) is 8.99. The van der Waals surface area contributed by atoms with Gasteiger partial charge in [-0.3, -0.25) is 14.4 Å². The third kappa shape index (κ3) is 9.10. The molecule has 38 heavy (non-hydrogen) atoms. The Hall–Kier alpha value is -4.08. The number of nitrogens with one attached hydrogen (secondary N) is 2. The minimum absolute atomic E-state index is 0.221. The van der Waals surface area contributed by atoms with E-state index in [1.807, 2.05) is 30.3 Å². The van der Waals surface area contributed by atoms with Gasteiger partial charge in [0.05, 0.1) is 11.2 Å². The molecule has 0 aliphatic rings. The number of ether oxygens (including phenoxy) is 2. The van der Waals surface area contributed by atoms with E-state index < -0.39 is 29.9 Å². The third-order valence-electron chi connectivity index (χ3n) is 5.11. The molecule has 0 unspecified atom stereocenters. The van der Waals surface area contributed by atoms with Crippen molar-refractivity contribution in [2.45, 2.75) is 25.5 Å². The molecule has 3 aromatic carbocycles. The Bertz CT molecular complexity index is 1300. The van der Waals surface area contributed by atoms with Crippen molar-refractivity contribution < 1.29 is 23.9 Å². The summed E-state index contributed by atoms with van der Waals surface area (Å²) in [6, 6.07) is 19.7. The minimum Gasteiger partial charge on any atom is -0.484 e. The lowest BCUT2D eigenvalue weighted by molar-refractivity contribution is -0.132. The molecule has 4 N–H and O–H groups in total. The molecule has 0 aliphatic carbocycles. The van der Waals surface area contributed by atoms with Crippen molar-refractivity contribution in [1.29, 1.82) is 0 Å². The normalized spacial score (nSPS) is 12.4. The van der Waals surface area contributed by atoms with Crippen molar-refractivity contribution >= 4 is 47.1 Å². The molecule has 9 nitrogen and oxygen atoms in total. The summed E-state index contributed by atoms with van der Waals surface area (Å²) in [6.07, 6.45) is 0.676. The lowest BCUT2D eigenvalue weighted by Crippen LogP contribution is -2.50. The highest BCUT2D eigenvalue weighted by Gasteiger charge is 2.25. The highest BCUT2D eigenvalue weighted by molar-refractivity contribution is 6.35. The first-order valence-electron chi connectivity index (χ1n) is 11.5. The number of hydrogen-bond acceptors (Lipinski definition) is 6. The first kappa shape index (κ1) is 28.5. The molecule has 198 valence electrons. The van der Waals surface area contributed by atoms with Gasteiger partial charge in [-0.25, -0.2) is 5.43 Å². The van der Waals surface area contributed by atoms with Crippen molar-refractivity contribution in [2.24, 2.45) is 10.8 Å². The minimum atomic E-state index is -0.952. The maximum Gasteiger partial charge on any atom is 0.262 e. The second-order valence-electron chi connectivity index (χ2n) is 8.15. The Kier molecular flexibility index (Phi) is 10.5. The number of amides is 3. The first-order valence-corrected chi connectivity index (χ1v) is 12.3. The Labute approximate surface area is 229 Å². The summed E-state index contributed by atoms with van der Waals surface area (Å²) in [5.74, 6) is -0.942. The Morgan fingerprint density at radius 1 is 1.00 bits per heavy atom. The molecule has 0 heterocycles. The van der Waals surface area contributed by atoms with Crippen molar-refractivity contribution in [2.75, 3.05) is 6.61 Å². The van der Waals surface area contributed by atoms with Gasteiger partial charge in [-0.05, 0) is 48.4 Å². The van der Waals surface area contributed by atoms with Crippen LogP contribution in [-0.4, -0.2) is 42.7 Å². The van der Waals surface area contributed by atoms with Gasteiger partial charge in [0.2, 0.25) is 0 Å². The van der Waals surface area contributed by atoms with Crippen LogP contribution in [0.15, 0.2) is 77.9 Å². The molecule has 0 spiro atoms. The van der Waals surface area contributed by atoms with E-state index in [4.69, 9.17) is 38.4 Å². The van der Waals surface area contributed by atoms with E-state index in [2.05, 4.69) is 15.8 Å². The second kappa shape index (κ2) is 14.0. The summed E-state index contributed by atoms with van der Waals surface area (Å²) in [6.45, 7) is 1.29. The van der Waals surface area contributed by atoms with E-state index in [-0.39, 0.29) is 23.8 Å². The molecule has 0 saturated carbocycles. The molecular formula is C27H26Cl2N4O5. The smallest absolute Gasteiger partial charge is 0.262 e. The van der Waals surface area contributed by atoms with Crippen LogP contribution >= 0.6 is 23.2 Å². The number of hydrogen-bond donors (Lipinski definition) is 3. The maximum atomic E-state index is 13.0. The highest BCUT2D eigenvalue weighted by atomic mass is 35.5. The zero-order chi connectivity index (χ0) is 27.5. The van der Waals surface area contributed by atoms with E-state index in [0.29, 0.717) is 16.3 Å². The lowest BCUT2D eigenvalue weighted by atomic mass is 10.1. The van der Waals surface area contributed by atoms with E-state index in [9.17, 15) is 14.4 Å². The fraction of sp³-hybridized carbons (Fsp3) is 0.185. The summed E-state index contributed by atoms with van der Waals surface area (Å²) >= 11 is 12.1. The Morgan fingerprint density at radius 3 is 2.47 bits per heavy atom. The molecule has 3 amide bonds. The van der Waals surface area contributed by atoms with Gasteiger partial charge in [0, 0.05) is 11.4 Å². The quantitative estimate of drug-likeness (QED) is 0.232. The van der Waals surface area contributed by atoms with Gasteiger partial charge < -0.3 is 20.5 Å². The van der Waals surface area contributed by atoms with Gasteiger partial charge in [0.25, 0.3) is 17.7 Å². The average Bonchev–Trinajstić information content (AvgIpc) is 2.89. The maximum absolute atomic E-state index is 13.0. The Morgan fingerprint density at radius 2 is 1.76 bits per heavy atom. The molecule has 3 rings (SSSR count). The van der Waals surface area contributed by atoms with Gasteiger partial charge in [0.15, 0.2) is 12.7 Å². The number of carbonyl (C=O) groups is 3. The van der Waals surface area contributed by atoms with Crippen LogP contribution in [0.2, 0.25) is 10.0 Å². The number of benzene rings is 3. The number of carbonyl (C=O) groups excluding carboxylic acids is 3. The molecular weight excluding hydrogens is 531 g/mol. The molecule has 0 fully saturated rings. The predicted octanol–water partition coefficient (Wildman–Crippen LogP) is 3.50. The van der Waals surface area contributed by atoms with Crippen molar-refractivity contribution in [3.05, 3.63) is 94.0 Å². The zero-order valence-corrected chi connectivity index (χ0v) is 21.9. The van der Waals surface area contributed by atoms with Crippen LogP contribution < -0.4 is 25.9 Å². The van der Waals surface area contributed by atoms with E-state index in [1.54, 1.807) is 43.3 Å². The largest absolute Gasteiger partial charge is 0.484 e. The van der Waals surface area contributed by atoms with Gasteiger partial charge >= 0.3 is 0 Å². The van der Waals surface area contributed by atoms with Crippen LogP contribution in [-0.2, 0) is 20.8 Å². The van der Waals surface area contributed by atoms with Crippen molar-refractivity contribution in [3.63, 3.8) is 0 Å². The summed E-state index contributed by atoms with van der Waals surface area (Å²) < 4.78 is 10.9. The molecule has 11 heteroatoms. The standard InChI is InChI=1S/C27H26Cl2N4O5/c1-17(38-24-11-10-20(28)14-22(24)29)26(35)32-23(13-18-6-3-2-4-7-18)27(36)33-31-15-19-8-5-9-21(12-19)37-16-25(30)34/h2-12,14-15,17,23H,13,16H2,1H3,(H2,30,34)(H,32,35)(H,33,36)/b31-15-/t17-,23+/m1/s1. The molecule has 0 aromatic heterocycles. The highest BCUT2D eigenvalue weighted by Crippen LogP contribution is 2.28. The van der Waals surface area contributed by atoms with Crippen molar-refractivity contribution in [3.8, 4) is 11.5 Å². The van der Waals surface area contributed by atoms with E-state index in [1.165, 1.54) is 12.3 Å². The van der Waals surface area contributed by atoms with Crippen LogP contribution in [0, 0.1) is 0 Å². The van der Waals surface area contributed by atoms with Crippen LogP contribution in [0.3, 0.4) is 0 Å². The third-order valence-corrected chi connectivity index (χ3v) is 5.64. The van der Waals surface area contributed by atoms with Crippen LogP contribution in [0.5, 0.6) is 11.5 Å². The van der Waals surface area contributed by atoms with Gasteiger partial charge in [-0.15, -0.1) is 0 Å². The summed E-state index contributed by atoms with van der Waals surface area (Å²) in [5, 5.41) is 7.41.